The highest BCUT2D eigenvalue weighted by molar-refractivity contribution is 7.89. The van der Waals surface area contributed by atoms with Gasteiger partial charge >= 0.3 is 5.97 Å². The van der Waals surface area contributed by atoms with Crippen molar-refractivity contribution < 1.29 is 32.5 Å². The van der Waals surface area contributed by atoms with Gasteiger partial charge in [-0.15, -0.1) is 0 Å². The molecule has 5 rings (SSSR count). The predicted octanol–water partition coefficient (Wildman–Crippen LogP) is 4.14. The number of phenolic OH excluding ortho intramolecular Hbond substituents is 1. The number of fused-ring (bicyclic) bond motifs is 5. The number of carbonyl (C=O) groups excluding carboxylic acids is 1. The van der Waals surface area contributed by atoms with E-state index in [2.05, 4.69) is 13.0 Å². The molecule has 9 heteroatoms. The van der Waals surface area contributed by atoms with Gasteiger partial charge in [-0.2, -0.15) is 0 Å². The average Bonchev–Trinajstić information content (AvgIpc) is 3.18. The summed E-state index contributed by atoms with van der Waals surface area (Å²) in [6.45, 7) is 2.23. The number of hydrogen-bond acceptors (Lipinski definition) is 7. The number of hydrogen-bond donors (Lipinski definition) is 2. The third-order valence-corrected chi connectivity index (χ3v) is 9.77. The highest BCUT2D eigenvalue weighted by Crippen LogP contribution is 2.61. The lowest BCUT2D eigenvalue weighted by Crippen LogP contribution is -2.45. The van der Waals surface area contributed by atoms with E-state index in [0.29, 0.717) is 23.5 Å². The molecule has 2 aromatic rings. The second-order valence-electron chi connectivity index (χ2n) is 10.6. The molecular formula is C27H33NO7S. The molecular weight excluding hydrogens is 482 g/mol. The van der Waals surface area contributed by atoms with Gasteiger partial charge in [0.1, 0.15) is 17.4 Å². The van der Waals surface area contributed by atoms with Crippen LogP contribution in [0.3, 0.4) is 0 Å². The van der Waals surface area contributed by atoms with E-state index in [9.17, 15) is 18.3 Å². The standard InChI is InChI=1S/C27H33NO7S/c1-27-11-10-19-18-7-5-16(29)12-15(18)4-6-20(19)22(27)8-9-24(27)35-26(30)21-13-17(36(28,31)32)14-23(33-2)25(21)34-3/h5,7,12-14,19-20,22,24,29H,4,6,8-11H2,1-3H3,(H2,28,31,32)/t19-,20-,22+,24+,27+/m1/s1. The zero-order chi connectivity index (χ0) is 25.8. The number of carbonyl (C=O) groups is 1. The number of ether oxygens (including phenoxy) is 3. The highest BCUT2D eigenvalue weighted by atomic mass is 32.2. The Hall–Kier alpha value is -2.78. The lowest BCUT2D eigenvalue weighted by atomic mass is 9.55. The molecule has 2 fully saturated rings. The minimum Gasteiger partial charge on any atom is -0.508 e. The molecule has 0 unspecified atom stereocenters. The lowest BCUT2D eigenvalue weighted by Gasteiger charge is -2.50. The summed E-state index contributed by atoms with van der Waals surface area (Å²) in [7, 11) is -1.32. The molecule has 0 spiro atoms. The van der Waals surface area contributed by atoms with Crippen LogP contribution in [0.15, 0.2) is 35.2 Å². The van der Waals surface area contributed by atoms with E-state index in [4.69, 9.17) is 19.3 Å². The van der Waals surface area contributed by atoms with E-state index >= 15 is 0 Å². The van der Waals surface area contributed by atoms with Gasteiger partial charge in [-0.1, -0.05) is 13.0 Å². The van der Waals surface area contributed by atoms with Crippen molar-refractivity contribution in [2.75, 3.05) is 14.2 Å². The van der Waals surface area contributed by atoms with Crippen LogP contribution in [0.1, 0.15) is 66.4 Å². The van der Waals surface area contributed by atoms with Gasteiger partial charge < -0.3 is 19.3 Å². The Balaban J connectivity index is 1.41. The van der Waals surface area contributed by atoms with Crippen molar-refractivity contribution in [3.63, 3.8) is 0 Å². The Kier molecular flexibility index (Phi) is 6.19. The number of nitrogens with two attached hydrogens (primary N) is 1. The van der Waals surface area contributed by atoms with Gasteiger partial charge in [-0.05, 0) is 85.6 Å². The largest absolute Gasteiger partial charge is 0.508 e. The molecule has 3 N–H and O–H groups in total. The first-order valence-electron chi connectivity index (χ1n) is 12.4. The number of benzene rings is 2. The van der Waals surface area contributed by atoms with Crippen molar-refractivity contribution >= 4 is 16.0 Å². The fraction of sp³-hybridized carbons (Fsp3) is 0.519. The highest BCUT2D eigenvalue weighted by Gasteiger charge is 2.56. The van der Waals surface area contributed by atoms with Crippen LogP contribution in [0.2, 0.25) is 0 Å². The van der Waals surface area contributed by atoms with Crippen molar-refractivity contribution in [2.24, 2.45) is 22.4 Å². The fourth-order valence-corrected chi connectivity index (χ4v) is 7.72. The van der Waals surface area contributed by atoms with Crippen LogP contribution in [0.5, 0.6) is 17.2 Å². The van der Waals surface area contributed by atoms with Crippen LogP contribution in [-0.2, 0) is 21.2 Å². The molecule has 8 nitrogen and oxygen atoms in total. The van der Waals surface area contributed by atoms with Gasteiger partial charge in [0.05, 0.1) is 19.1 Å². The summed E-state index contributed by atoms with van der Waals surface area (Å²) in [5.41, 5.74) is 2.41. The van der Waals surface area contributed by atoms with Crippen LogP contribution in [-0.4, -0.2) is 39.8 Å². The van der Waals surface area contributed by atoms with E-state index in [1.165, 1.54) is 37.5 Å². The Morgan fingerprint density at radius 3 is 2.56 bits per heavy atom. The van der Waals surface area contributed by atoms with Crippen LogP contribution in [0, 0.1) is 17.3 Å². The van der Waals surface area contributed by atoms with Crippen LogP contribution in [0.25, 0.3) is 0 Å². The van der Waals surface area contributed by atoms with Gasteiger partial charge in [-0.25, -0.2) is 18.4 Å². The van der Waals surface area contributed by atoms with E-state index in [1.54, 1.807) is 6.07 Å². The van der Waals surface area contributed by atoms with E-state index < -0.39 is 16.0 Å². The number of methoxy groups -OCH3 is 2. The first-order chi connectivity index (χ1) is 17.1. The first kappa shape index (κ1) is 24.9. The van der Waals surface area contributed by atoms with Crippen LogP contribution in [0.4, 0.5) is 0 Å². The Bertz CT molecular complexity index is 1310. The van der Waals surface area contributed by atoms with Gasteiger partial charge in [0, 0.05) is 11.5 Å². The van der Waals surface area contributed by atoms with Gasteiger partial charge in [0.25, 0.3) is 0 Å². The molecule has 0 heterocycles. The smallest absolute Gasteiger partial charge is 0.342 e. The van der Waals surface area contributed by atoms with Crippen LogP contribution < -0.4 is 14.6 Å². The minimum atomic E-state index is -4.07. The fourth-order valence-electron chi connectivity index (χ4n) is 7.16. The van der Waals surface area contributed by atoms with Gasteiger partial charge in [0.2, 0.25) is 10.0 Å². The third kappa shape index (κ3) is 4.02. The van der Waals surface area contributed by atoms with Crippen molar-refractivity contribution in [3.05, 3.63) is 47.0 Å². The SMILES string of the molecule is COc1cc(S(N)(=O)=O)cc(C(=O)O[C@H]2CC[C@H]3[C@@H]4CCc5cc(O)ccc5[C@H]4CC[C@]23C)c1OC. The minimum absolute atomic E-state index is 0.0204. The molecule has 0 amide bonds. The average molecular weight is 516 g/mol. The number of sulfonamides is 1. The zero-order valence-electron chi connectivity index (χ0n) is 20.8. The number of rotatable bonds is 5. The second kappa shape index (κ2) is 8.95. The summed E-state index contributed by atoms with van der Waals surface area (Å²) in [6.07, 6.45) is 5.37. The third-order valence-electron chi connectivity index (χ3n) is 8.87. The predicted molar refractivity (Wildman–Crippen MR) is 133 cm³/mol. The van der Waals surface area contributed by atoms with Gasteiger partial charge in [-0.3, -0.25) is 0 Å². The van der Waals surface area contributed by atoms with E-state index in [-0.39, 0.29) is 33.5 Å². The van der Waals surface area contributed by atoms with E-state index in [1.807, 2.05) is 6.07 Å². The quantitative estimate of drug-likeness (QED) is 0.573. The summed E-state index contributed by atoms with van der Waals surface area (Å²) in [4.78, 5) is 13.2. The summed E-state index contributed by atoms with van der Waals surface area (Å²) in [6, 6.07) is 8.19. The Labute approximate surface area is 211 Å². The van der Waals surface area contributed by atoms with E-state index in [0.717, 1.165) is 38.5 Å². The molecule has 0 saturated heterocycles. The molecule has 0 bridgehead atoms. The molecule has 194 valence electrons. The molecule has 3 aliphatic carbocycles. The number of esters is 1. The first-order valence-corrected chi connectivity index (χ1v) is 13.9. The Morgan fingerprint density at radius 2 is 1.86 bits per heavy atom. The maximum absolute atomic E-state index is 13.4. The summed E-state index contributed by atoms with van der Waals surface area (Å²) >= 11 is 0. The zero-order valence-corrected chi connectivity index (χ0v) is 21.6. The molecule has 0 aliphatic heterocycles. The van der Waals surface area contributed by atoms with Crippen molar-refractivity contribution in [1.29, 1.82) is 0 Å². The summed E-state index contributed by atoms with van der Waals surface area (Å²) in [5, 5.41) is 15.2. The molecule has 2 saturated carbocycles. The lowest BCUT2D eigenvalue weighted by molar-refractivity contribution is -0.0429. The van der Waals surface area contributed by atoms with Crippen LogP contribution >= 0.6 is 0 Å². The van der Waals surface area contributed by atoms with Crippen molar-refractivity contribution in [2.45, 2.75) is 62.4 Å². The topological polar surface area (TPSA) is 125 Å². The molecule has 0 aromatic heterocycles. The molecule has 36 heavy (non-hydrogen) atoms. The molecule has 2 aromatic carbocycles. The van der Waals surface area contributed by atoms with Crippen molar-refractivity contribution in [1.82, 2.24) is 0 Å². The second-order valence-corrected chi connectivity index (χ2v) is 12.1. The van der Waals surface area contributed by atoms with Gasteiger partial charge in [0.15, 0.2) is 11.5 Å². The number of aromatic hydroxyl groups is 1. The molecule has 0 radical (unpaired) electrons. The molecule has 5 atom stereocenters. The normalized spacial score (nSPS) is 29.0. The Morgan fingerprint density at radius 1 is 1.08 bits per heavy atom. The number of aryl methyl sites for hydroxylation is 1. The monoisotopic (exact) mass is 515 g/mol. The maximum atomic E-state index is 13.4. The summed E-state index contributed by atoms with van der Waals surface area (Å²) < 4.78 is 40.8. The maximum Gasteiger partial charge on any atom is 0.342 e. The summed E-state index contributed by atoms with van der Waals surface area (Å²) in [5.74, 6) is 1.27. The molecule has 3 aliphatic rings. The number of primary sulfonamides is 1. The van der Waals surface area contributed by atoms with Crippen molar-refractivity contribution in [3.8, 4) is 17.2 Å². The number of phenols is 1.